The van der Waals surface area contributed by atoms with Crippen molar-refractivity contribution >= 4 is 5.78 Å². The summed E-state index contributed by atoms with van der Waals surface area (Å²) in [7, 11) is 0. The topological polar surface area (TPSA) is 17.1 Å². The molecule has 0 bridgehead atoms. The predicted octanol–water partition coefficient (Wildman–Crippen LogP) is 4.37. The van der Waals surface area contributed by atoms with E-state index in [9.17, 15) is 4.79 Å². The summed E-state index contributed by atoms with van der Waals surface area (Å²) in [5.74, 6) is 3.40. The van der Waals surface area contributed by atoms with Gasteiger partial charge >= 0.3 is 0 Å². The first-order chi connectivity index (χ1) is 8.20. The lowest BCUT2D eigenvalue weighted by Crippen LogP contribution is -2.27. The Morgan fingerprint density at radius 3 is 1.88 bits per heavy atom. The fraction of sp³-hybridized carbons (Fsp3) is 0.812. The summed E-state index contributed by atoms with van der Waals surface area (Å²) in [6, 6.07) is 0. The Labute approximate surface area is 106 Å². The van der Waals surface area contributed by atoms with Gasteiger partial charge in [-0.1, -0.05) is 26.3 Å². The average Bonchev–Trinajstić information content (AvgIpc) is 2.39. The summed E-state index contributed by atoms with van der Waals surface area (Å²) < 4.78 is 0. The first-order valence-electron chi connectivity index (χ1n) is 7.37. The van der Waals surface area contributed by atoms with E-state index in [-0.39, 0.29) is 5.78 Å². The monoisotopic (exact) mass is 234 g/mol. The van der Waals surface area contributed by atoms with E-state index in [4.69, 9.17) is 0 Å². The summed E-state index contributed by atoms with van der Waals surface area (Å²) in [5, 5.41) is 0. The minimum absolute atomic E-state index is 0.278. The molecule has 1 heteroatoms. The lowest BCUT2D eigenvalue weighted by atomic mass is 9.69. The van der Waals surface area contributed by atoms with Crippen LogP contribution in [0.25, 0.3) is 0 Å². The van der Waals surface area contributed by atoms with E-state index in [1.165, 1.54) is 44.6 Å². The van der Waals surface area contributed by atoms with Crippen molar-refractivity contribution in [3.63, 3.8) is 0 Å². The number of hydrogen-bond acceptors (Lipinski definition) is 1. The molecule has 0 atom stereocenters. The highest BCUT2D eigenvalue weighted by atomic mass is 16.1. The van der Waals surface area contributed by atoms with Crippen molar-refractivity contribution in [2.45, 2.75) is 58.3 Å². The van der Waals surface area contributed by atoms with Gasteiger partial charge in [-0.3, -0.25) is 4.79 Å². The lowest BCUT2D eigenvalue weighted by Gasteiger charge is -2.36. The number of ketones is 1. The highest BCUT2D eigenvalue weighted by Crippen LogP contribution is 2.41. The first kappa shape index (κ1) is 12.9. The Morgan fingerprint density at radius 1 is 0.941 bits per heavy atom. The van der Waals surface area contributed by atoms with E-state index in [2.05, 4.69) is 13.5 Å². The minimum Gasteiger partial charge on any atom is -0.295 e. The minimum atomic E-state index is 0.278. The van der Waals surface area contributed by atoms with E-state index >= 15 is 0 Å². The smallest absolute Gasteiger partial charge is 0.158 e. The van der Waals surface area contributed by atoms with E-state index in [0.717, 1.165) is 30.6 Å². The van der Waals surface area contributed by atoms with Crippen LogP contribution in [0.2, 0.25) is 0 Å². The molecular formula is C16H26O. The maximum absolute atomic E-state index is 11.6. The summed E-state index contributed by atoms with van der Waals surface area (Å²) >= 11 is 0. The van der Waals surface area contributed by atoms with Crippen LogP contribution in [0.4, 0.5) is 0 Å². The highest BCUT2D eigenvalue weighted by molar-refractivity contribution is 5.91. The normalized spacial score (nSPS) is 38.6. The molecule has 2 rings (SSSR count). The van der Waals surface area contributed by atoms with Gasteiger partial charge in [-0.05, 0) is 62.4 Å². The molecule has 0 aromatic carbocycles. The third-order valence-corrected chi connectivity index (χ3v) is 5.10. The van der Waals surface area contributed by atoms with Crippen LogP contribution in [0, 0.1) is 23.7 Å². The molecule has 1 nitrogen and oxygen atoms in total. The van der Waals surface area contributed by atoms with Crippen molar-refractivity contribution < 1.29 is 4.79 Å². The van der Waals surface area contributed by atoms with E-state index in [1.807, 2.05) is 0 Å². The van der Waals surface area contributed by atoms with Gasteiger partial charge in [0.15, 0.2) is 5.78 Å². The zero-order valence-electron chi connectivity index (χ0n) is 11.2. The van der Waals surface area contributed by atoms with Crippen molar-refractivity contribution in [1.29, 1.82) is 0 Å². The zero-order chi connectivity index (χ0) is 12.3. The van der Waals surface area contributed by atoms with Crippen LogP contribution in [0.1, 0.15) is 58.3 Å². The van der Waals surface area contributed by atoms with Gasteiger partial charge in [0.25, 0.3) is 0 Å². The van der Waals surface area contributed by atoms with Gasteiger partial charge < -0.3 is 0 Å². The number of hydrogen-bond donors (Lipinski definition) is 0. The molecule has 2 saturated carbocycles. The number of allylic oxidation sites excluding steroid dienone is 1. The molecule has 96 valence electrons. The maximum atomic E-state index is 11.6. The van der Waals surface area contributed by atoms with Gasteiger partial charge in [0, 0.05) is 5.92 Å². The Hall–Kier alpha value is -0.590. The fourth-order valence-corrected chi connectivity index (χ4v) is 3.80. The quantitative estimate of drug-likeness (QED) is 0.662. The molecule has 0 unspecified atom stereocenters. The highest BCUT2D eigenvalue weighted by Gasteiger charge is 2.31. The number of carbonyl (C=O) groups is 1. The summed E-state index contributed by atoms with van der Waals surface area (Å²) in [4.78, 5) is 11.6. The van der Waals surface area contributed by atoms with Crippen molar-refractivity contribution in [3.05, 3.63) is 12.7 Å². The number of rotatable bonds is 3. The lowest BCUT2D eigenvalue weighted by molar-refractivity contribution is -0.119. The van der Waals surface area contributed by atoms with Crippen molar-refractivity contribution in [2.75, 3.05) is 0 Å². The summed E-state index contributed by atoms with van der Waals surface area (Å²) in [5.41, 5.74) is 0. The third-order valence-electron chi connectivity index (χ3n) is 5.10. The molecule has 0 spiro atoms. The molecule has 0 saturated heterocycles. The standard InChI is InChI=1S/C16H26O/c1-3-16(17)15-10-8-14(9-11-15)13-6-4-12(2)5-7-13/h3,12-15H,1,4-11H2,2H3. The second-order valence-electron chi connectivity index (χ2n) is 6.24. The van der Waals surface area contributed by atoms with Crippen molar-refractivity contribution in [3.8, 4) is 0 Å². The first-order valence-corrected chi connectivity index (χ1v) is 7.37. The third kappa shape index (κ3) is 3.20. The predicted molar refractivity (Wildman–Crippen MR) is 71.8 cm³/mol. The van der Waals surface area contributed by atoms with E-state index in [1.54, 1.807) is 0 Å². The molecule has 0 aliphatic heterocycles. The van der Waals surface area contributed by atoms with Crippen molar-refractivity contribution in [1.82, 2.24) is 0 Å². The Morgan fingerprint density at radius 2 is 1.41 bits per heavy atom. The summed E-state index contributed by atoms with van der Waals surface area (Å²) in [6.07, 6.45) is 12.0. The van der Waals surface area contributed by atoms with Crippen LogP contribution in [0.3, 0.4) is 0 Å². The molecule has 17 heavy (non-hydrogen) atoms. The molecular weight excluding hydrogens is 208 g/mol. The zero-order valence-corrected chi connectivity index (χ0v) is 11.2. The summed E-state index contributed by atoms with van der Waals surface area (Å²) in [6.45, 7) is 5.99. The molecule has 2 aliphatic rings. The Balaban J connectivity index is 1.79. The van der Waals surface area contributed by atoms with Crippen LogP contribution in [0.5, 0.6) is 0 Å². The number of carbonyl (C=O) groups excluding carboxylic acids is 1. The second-order valence-corrected chi connectivity index (χ2v) is 6.24. The molecule has 2 fully saturated rings. The average molecular weight is 234 g/mol. The van der Waals surface area contributed by atoms with Gasteiger partial charge in [-0.25, -0.2) is 0 Å². The fourth-order valence-electron chi connectivity index (χ4n) is 3.80. The van der Waals surface area contributed by atoms with Crippen LogP contribution < -0.4 is 0 Å². The van der Waals surface area contributed by atoms with Gasteiger partial charge in [0.2, 0.25) is 0 Å². The van der Waals surface area contributed by atoms with Crippen LogP contribution in [0.15, 0.2) is 12.7 Å². The van der Waals surface area contributed by atoms with Crippen LogP contribution in [-0.2, 0) is 4.79 Å². The second kappa shape index (κ2) is 5.84. The SMILES string of the molecule is C=CC(=O)C1CCC(C2CCC(C)CC2)CC1. The largest absolute Gasteiger partial charge is 0.295 e. The molecule has 0 aromatic heterocycles. The molecule has 0 heterocycles. The molecule has 0 N–H and O–H groups in total. The molecule has 0 radical (unpaired) electrons. The van der Waals surface area contributed by atoms with E-state index < -0.39 is 0 Å². The van der Waals surface area contributed by atoms with Gasteiger partial charge in [0.05, 0.1) is 0 Å². The van der Waals surface area contributed by atoms with Crippen LogP contribution >= 0.6 is 0 Å². The maximum Gasteiger partial charge on any atom is 0.158 e. The van der Waals surface area contributed by atoms with Gasteiger partial charge in [-0.15, -0.1) is 0 Å². The molecule has 0 amide bonds. The Kier molecular flexibility index (Phi) is 4.42. The van der Waals surface area contributed by atoms with E-state index in [0.29, 0.717) is 5.92 Å². The van der Waals surface area contributed by atoms with Crippen molar-refractivity contribution in [2.24, 2.45) is 23.7 Å². The van der Waals surface area contributed by atoms with Gasteiger partial charge in [-0.2, -0.15) is 0 Å². The molecule has 2 aliphatic carbocycles. The Bertz CT molecular complexity index is 265. The van der Waals surface area contributed by atoms with Crippen LogP contribution in [-0.4, -0.2) is 5.78 Å². The molecule has 0 aromatic rings. The van der Waals surface area contributed by atoms with Gasteiger partial charge in [0.1, 0.15) is 0 Å².